The number of nitrogens with one attached hydrogen (secondary N) is 1. The summed E-state index contributed by atoms with van der Waals surface area (Å²) < 4.78 is 1.98. The Kier molecular flexibility index (Phi) is 6.96. The average molecular weight is 405 g/mol. The molecule has 1 aromatic carbocycles. The van der Waals surface area contributed by atoms with Gasteiger partial charge in [-0.05, 0) is 44.0 Å². The van der Waals surface area contributed by atoms with Gasteiger partial charge in [-0.25, -0.2) is 0 Å². The number of hydrogen-bond acceptors (Lipinski definition) is 4. The molecule has 0 bridgehead atoms. The number of rotatable bonds is 7. The summed E-state index contributed by atoms with van der Waals surface area (Å²) in [4.78, 5) is 12.6. The number of carbonyl (C=O) groups is 1. The Morgan fingerprint density at radius 2 is 2.04 bits per heavy atom. The van der Waals surface area contributed by atoms with Gasteiger partial charge in [-0.1, -0.05) is 48.7 Å². The highest BCUT2D eigenvalue weighted by Crippen LogP contribution is 2.28. The van der Waals surface area contributed by atoms with Crippen LogP contribution in [0, 0.1) is 0 Å². The highest BCUT2D eigenvalue weighted by Gasteiger charge is 2.23. The molecule has 1 heterocycles. The molecule has 0 radical (unpaired) electrons. The van der Waals surface area contributed by atoms with E-state index in [1.165, 1.54) is 31.0 Å². The van der Waals surface area contributed by atoms with Crippen molar-refractivity contribution in [3.05, 3.63) is 41.9 Å². The number of allylic oxidation sites excluding steroid dienone is 1. The van der Waals surface area contributed by atoms with E-state index >= 15 is 0 Å². The number of thioether (sulfide) groups is 1. The Hall–Kier alpha value is -1.79. The van der Waals surface area contributed by atoms with Gasteiger partial charge in [0.1, 0.15) is 0 Å². The molecule has 1 amide bonds. The summed E-state index contributed by atoms with van der Waals surface area (Å²) in [6.45, 7) is 6.32. The second-order valence-electron chi connectivity index (χ2n) is 6.82. The molecule has 5 nitrogen and oxygen atoms in total. The Balaban J connectivity index is 1.72. The number of hydrogen-bond donors (Lipinski definition) is 1. The summed E-state index contributed by atoms with van der Waals surface area (Å²) in [5.41, 5.74) is 0.930. The third-order valence-electron chi connectivity index (χ3n) is 4.73. The van der Waals surface area contributed by atoms with Gasteiger partial charge in [-0.2, -0.15) is 0 Å². The molecule has 1 aliphatic carbocycles. The molecule has 1 saturated carbocycles. The number of nitrogens with zero attached hydrogens (tertiary/aromatic N) is 3. The highest BCUT2D eigenvalue weighted by molar-refractivity contribution is 8.00. The Morgan fingerprint density at radius 1 is 1.33 bits per heavy atom. The van der Waals surface area contributed by atoms with Crippen molar-refractivity contribution in [1.29, 1.82) is 0 Å². The molecular formula is C20H25ClN4OS. The van der Waals surface area contributed by atoms with Crippen molar-refractivity contribution in [1.82, 2.24) is 20.1 Å². The molecule has 2 aromatic rings. The fourth-order valence-electron chi connectivity index (χ4n) is 3.26. The topological polar surface area (TPSA) is 59.8 Å². The zero-order chi connectivity index (χ0) is 19.2. The third kappa shape index (κ3) is 5.14. The van der Waals surface area contributed by atoms with Crippen LogP contribution in [0.15, 0.2) is 42.1 Å². The van der Waals surface area contributed by atoms with Gasteiger partial charge in [0, 0.05) is 23.2 Å². The van der Waals surface area contributed by atoms with Gasteiger partial charge in [0.15, 0.2) is 11.0 Å². The van der Waals surface area contributed by atoms with E-state index in [0.29, 0.717) is 22.8 Å². The van der Waals surface area contributed by atoms with Crippen molar-refractivity contribution < 1.29 is 4.79 Å². The molecular weight excluding hydrogens is 380 g/mol. The van der Waals surface area contributed by atoms with E-state index < -0.39 is 0 Å². The van der Waals surface area contributed by atoms with Crippen LogP contribution in [0.25, 0.3) is 11.4 Å². The normalized spacial score (nSPS) is 16.1. The van der Waals surface area contributed by atoms with E-state index in [0.717, 1.165) is 24.2 Å². The first-order chi connectivity index (χ1) is 13.1. The standard InChI is InChI=1S/C20H25ClN4OS/c1-3-13-25-18(15-9-11-16(21)12-10-15)23-24-20(25)27-14(2)19(26)22-17-7-5-4-6-8-17/h3,9-12,14,17H,1,4-8,13H2,2H3,(H,22,26)/t14-/m0/s1. The van der Waals surface area contributed by atoms with E-state index in [9.17, 15) is 4.79 Å². The van der Waals surface area contributed by atoms with E-state index in [4.69, 9.17) is 11.6 Å². The van der Waals surface area contributed by atoms with Gasteiger partial charge in [0.2, 0.25) is 5.91 Å². The lowest BCUT2D eigenvalue weighted by molar-refractivity contribution is -0.121. The number of carbonyl (C=O) groups excluding carboxylic acids is 1. The zero-order valence-corrected chi connectivity index (χ0v) is 17.1. The molecule has 1 aliphatic rings. The molecule has 1 fully saturated rings. The van der Waals surface area contributed by atoms with E-state index in [-0.39, 0.29) is 11.2 Å². The molecule has 0 aliphatic heterocycles. The van der Waals surface area contributed by atoms with E-state index in [2.05, 4.69) is 22.1 Å². The summed E-state index contributed by atoms with van der Waals surface area (Å²) in [5.74, 6) is 0.807. The quantitative estimate of drug-likeness (QED) is 0.536. The average Bonchev–Trinajstić information content (AvgIpc) is 3.06. The van der Waals surface area contributed by atoms with Crippen molar-refractivity contribution in [2.45, 2.75) is 62.0 Å². The Labute approximate surface area is 169 Å². The van der Waals surface area contributed by atoms with E-state index in [1.807, 2.05) is 35.8 Å². The van der Waals surface area contributed by atoms with Gasteiger partial charge in [-0.15, -0.1) is 16.8 Å². The van der Waals surface area contributed by atoms with Gasteiger partial charge in [-0.3, -0.25) is 9.36 Å². The first-order valence-corrected chi connectivity index (χ1v) is 10.6. The van der Waals surface area contributed by atoms with Crippen LogP contribution in [0.4, 0.5) is 0 Å². The molecule has 1 N–H and O–H groups in total. The van der Waals surface area contributed by atoms with Gasteiger partial charge in [0.25, 0.3) is 0 Å². The molecule has 7 heteroatoms. The lowest BCUT2D eigenvalue weighted by atomic mass is 9.95. The van der Waals surface area contributed by atoms with Crippen LogP contribution in [0.1, 0.15) is 39.0 Å². The van der Waals surface area contributed by atoms with E-state index in [1.54, 1.807) is 6.08 Å². The lowest BCUT2D eigenvalue weighted by Gasteiger charge is -2.24. The summed E-state index contributed by atoms with van der Waals surface area (Å²) in [6.07, 6.45) is 7.64. The molecule has 1 aromatic heterocycles. The molecule has 27 heavy (non-hydrogen) atoms. The number of aromatic nitrogens is 3. The summed E-state index contributed by atoms with van der Waals surface area (Å²) >= 11 is 7.41. The van der Waals surface area contributed by atoms with Gasteiger partial charge in [0.05, 0.1) is 5.25 Å². The third-order valence-corrected chi connectivity index (χ3v) is 6.07. The number of halogens is 1. The smallest absolute Gasteiger partial charge is 0.233 e. The monoisotopic (exact) mass is 404 g/mol. The largest absolute Gasteiger partial charge is 0.352 e. The lowest BCUT2D eigenvalue weighted by Crippen LogP contribution is -2.40. The van der Waals surface area contributed by atoms with Gasteiger partial charge < -0.3 is 5.32 Å². The highest BCUT2D eigenvalue weighted by atomic mass is 35.5. The molecule has 1 atom stereocenters. The van der Waals surface area contributed by atoms with Crippen molar-refractivity contribution in [2.24, 2.45) is 0 Å². The van der Waals surface area contributed by atoms with Crippen LogP contribution in [-0.4, -0.2) is 32.0 Å². The molecule has 0 spiro atoms. The van der Waals surface area contributed by atoms with Crippen LogP contribution in [-0.2, 0) is 11.3 Å². The second-order valence-corrected chi connectivity index (χ2v) is 8.56. The maximum absolute atomic E-state index is 12.6. The van der Waals surface area contributed by atoms with Crippen LogP contribution in [0.3, 0.4) is 0 Å². The van der Waals surface area contributed by atoms with Crippen molar-refractivity contribution in [3.63, 3.8) is 0 Å². The first kappa shape index (κ1) is 20.0. The van der Waals surface area contributed by atoms with Crippen LogP contribution >= 0.6 is 23.4 Å². The van der Waals surface area contributed by atoms with Crippen molar-refractivity contribution in [2.75, 3.05) is 0 Å². The minimum absolute atomic E-state index is 0.0631. The summed E-state index contributed by atoms with van der Waals surface area (Å²) in [7, 11) is 0. The van der Waals surface area contributed by atoms with Crippen molar-refractivity contribution >= 4 is 29.3 Å². The summed E-state index contributed by atoms with van der Waals surface area (Å²) in [6, 6.07) is 7.80. The Morgan fingerprint density at radius 3 is 2.70 bits per heavy atom. The SMILES string of the molecule is C=CCn1c(S[C@@H](C)C(=O)NC2CCCCC2)nnc1-c1ccc(Cl)cc1. The van der Waals surface area contributed by atoms with Crippen LogP contribution in [0.2, 0.25) is 5.02 Å². The minimum Gasteiger partial charge on any atom is -0.352 e. The molecule has 144 valence electrons. The minimum atomic E-state index is -0.238. The maximum atomic E-state index is 12.6. The predicted molar refractivity (Wildman–Crippen MR) is 111 cm³/mol. The zero-order valence-electron chi connectivity index (χ0n) is 15.5. The second kappa shape index (κ2) is 9.42. The molecule has 0 unspecified atom stereocenters. The van der Waals surface area contributed by atoms with Crippen LogP contribution in [0.5, 0.6) is 0 Å². The molecule has 0 saturated heterocycles. The fourth-order valence-corrected chi connectivity index (χ4v) is 4.25. The predicted octanol–water partition coefficient (Wildman–Crippen LogP) is 4.71. The summed E-state index contributed by atoms with van der Waals surface area (Å²) in [5, 5.41) is 13.0. The number of amides is 1. The molecule has 3 rings (SSSR count). The van der Waals surface area contributed by atoms with Gasteiger partial charge >= 0.3 is 0 Å². The first-order valence-electron chi connectivity index (χ1n) is 9.35. The maximum Gasteiger partial charge on any atom is 0.233 e. The Bertz CT molecular complexity index is 784. The number of benzene rings is 1. The van der Waals surface area contributed by atoms with Crippen molar-refractivity contribution in [3.8, 4) is 11.4 Å². The fraction of sp³-hybridized carbons (Fsp3) is 0.450. The van der Waals surface area contributed by atoms with Crippen LogP contribution < -0.4 is 5.32 Å².